The fraction of sp³-hybridized carbons (Fsp3) is 0.250. The molecule has 7 rings (SSSR count). The molecule has 0 saturated carbocycles. The van der Waals surface area contributed by atoms with E-state index in [1.54, 1.807) is 35.2 Å². The second kappa shape index (κ2) is 14.0. The molecule has 11 heteroatoms. The molecule has 2 saturated heterocycles. The number of amides is 1. The van der Waals surface area contributed by atoms with Crippen molar-refractivity contribution in [2.45, 2.75) is 38.3 Å². The van der Waals surface area contributed by atoms with Crippen LogP contribution in [0.25, 0.3) is 33.5 Å². The summed E-state index contributed by atoms with van der Waals surface area (Å²) in [7, 11) is 0. The largest absolute Gasteiger partial charge is 0.489 e. The SMILES string of the molecule is Cl.O=C(O)c1ccc2c(c1)nc(-c1ccc(OCc3cc(N4CCCC4=O)ccc3-c3ccc(Cl)cc3)cc1F)n2C1CCSCC1. The standard InChI is InChI=1S/C36H31ClFN3O4S.ClH/c37-25-6-3-22(4-7-25)29-10-8-27(40-15-1-2-34(40)42)18-24(29)21-45-28-9-11-30(31(38)20-28)35-39-32-19-23(36(43)44)5-12-33(32)41(35)26-13-16-46-17-14-26;/h3-12,18-20,26H,1-2,13-17,21H2,(H,43,44);1H. The molecule has 1 N–H and O–H groups in total. The Hall–Kier alpha value is -4.05. The maximum atomic E-state index is 16.0. The van der Waals surface area contributed by atoms with Crippen LogP contribution in [0.3, 0.4) is 0 Å². The third-order valence-corrected chi connectivity index (χ3v) is 10.00. The van der Waals surface area contributed by atoms with Gasteiger partial charge in [0.15, 0.2) is 0 Å². The fourth-order valence-corrected chi connectivity index (χ4v) is 7.57. The molecule has 3 heterocycles. The van der Waals surface area contributed by atoms with Crippen LogP contribution in [0.4, 0.5) is 10.1 Å². The van der Waals surface area contributed by atoms with E-state index in [4.69, 9.17) is 21.3 Å². The first-order valence-corrected chi connectivity index (χ1v) is 16.8. The van der Waals surface area contributed by atoms with E-state index in [0.717, 1.165) is 58.7 Å². The number of rotatable bonds is 8. The topological polar surface area (TPSA) is 84.7 Å². The van der Waals surface area contributed by atoms with Crippen LogP contribution in [-0.2, 0) is 11.4 Å². The lowest BCUT2D eigenvalue weighted by Gasteiger charge is -2.25. The average molecular weight is 693 g/mol. The summed E-state index contributed by atoms with van der Waals surface area (Å²) in [6.45, 7) is 0.830. The van der Waals surface area contributed by atoms with E-state index in [9.17, 15) is 14.7 Å². The second-order valence-corrected chi connectivity index (χ2v) is 13.2. The monoisotopic (exact) mass is 691 g/mol. The third-order valence-electron chi connectivity index (χ3n) is 8.70. The number of carbonyl (C=O) groups is 2. The van der Waals surface area contributed by atoms with Crippen LogP contribution >= 0.6 is 35.8 Å². The first-order valence-electron chi connectivity index (χ1n) is 15.3. The number of halogens is 3. The van der Waals surface area contributed by atoms with Crippen molar-refractivity contribution >= 4 is 64.4 Å². The number of fused-ring (bicyclic) bond motifs is 1. The predicted molar refractivity (Wildman–Crippen MR) is 188 cm³/mol. The highest BCUT2D eigenvalue weighted by atomic mass is 35.5. The number of benzene rings is 4. The second-order valence-electron chi connectivity index (χ2n) is 11.6. The third kappa shape index (κ3) is 6.70. The molecule has 4 aromatic carbocycles. The van der Waals surface area contributed by atoms with Crippen LogP contribution < -0.4 is 9.64 Å². The predicted octanol–water partition coefficient (Wildman–Crippen LogP) is 9.06. The summed E-state index contributed by atoms with van der Waals surface area (Å²) >= 11 is 8.04. The average Bonchev–Trinajstić information content (AvgIpc) is 3.67. The van der Waals surface area contributed by atoms with Crippen LogP contribution in [0.1, 0.15) is 47.6 Å². The van der Waals surface area contributed by atoms with Crippen LogP contribution in [0.2, 0.25) is 5.02 Å². The summed E-state index contributed by atoms with van der Waals surface area (Å²) in [6, 6.07) is 23.2. The Morgan fingerprint density at radius 2 is 1.77 bits per heavy atom. The summed E-state index contributed by atoms with van der Waals surface area (Å²) in [4.78, 5) is 30.7. The number of carboxylic acids is 1. The molecule has 2 fully saturated rings. The molecule has 1 aromatic heterocycles. The first-order chi connectivity index (χ1) is 22.4. The van der Waals surface area contributed by atoms with E-state index in [1.807, 2.05) is 54.2 Å². The number of ether oxygens (including phenoxy) is 1. The van der Waals surface area contributed by atoms with Gasteiger partial charge in [-0.05, 0) is 102 Å². The lowest BCUT2D eigenvalue weighted by atomic mass is 9.99. The molecule has 7 nitrogen and oxygen atoms in total. The highest BCUT2D eigenvalue weighted by Gasteiger charge is 2.26. The Kier molecular flexibility index (Phi) is 9.77. The van der Waals surface area contributed by atoms with Crippen molar-refractivity contribution in [1.82, 2.24) is 9.55 Å². The van der Waals surface area contributed by atoms with Gasteiger partial charge in [-0.3, -0.25) is 4.79 Å². The maximum absolute atomic E-state index is 16.0. The molecule has 0 radical (unpaired) electrons. The molecule has 0 unspecified atom stereocenters. The number of anilines is 1. The summed E-state index contributed by atoms with van der Waals surface area (Å²) < 4.78 is 24.2. The van der Waals surface area contributed by atoms with Gasteiger partial charge in [0.2, 0.25) is 5.91 Å². The fourth-order valence-electron chi connectivity index (χ4n) is 6.36. The molecule has 5 aromatic rings. The van der Waals surface area contributed by atoms with Gasteiger partial charge in [-0.25, -0.2) is 14.2 Å². The number of aromatic nitrogens is 2. The van der Waals surface area contributed by atoms with E-state index in [2.05, 4.69) is 4.57 Å². The molecule has 0 aliphatic carbocycles. The van der Waals surface area contributed by atoms with Gasteiger partial charge in [-0.1, -0.05) is 29.8 Å². The molecule has 2 aliphatic rings. The number of imidazole rings is 1. The number of hydrogen-bond acceptors (Lipinski definition) is 5. The van der Waals surface area contributed by atoms with Crippen molar-refractivity contribution in [3.8, 4) is 28.3 Å². The molecular formula is C36H32Cl2FN3O4S. The van der Waals surface area contributed by atoms with Gasteiger partial charge in [0.1, 0.15) is 24.0 Å². The smallest absolute Gasteiger partial charge is 0.335 e. The van der Waals surface area contributed by atoms with Crippen molar-refractivity contribution in [3.05, 3.63) is 101 Å². The van der Waals surface area contributed by atoms with Gasteiger partial charge >= 0.3 is 5.97 Å². The van der Waals surface area contributed by atoms with E-state index in [0.29, 0.717) is 40.6 Å². The number of nitrogens with zero attached hydrogens (tertiary/aromatic N) is 3. The number of carboxylic acid groups (broad SMARTS) is 1. The Balaban J connectivity index is 0.00000386. The normalized spacial score (nSPS) is 15.2. The highest BCUT2D eigenvalue weighted by molar-refractivity contribution is 7.99. The zero-order valence-electron chi connectivity index (χ0n) is 25.3. The molecule has 242 valence electrons. The van der Waals surface area contributed by atoms with Crippen LogP contribution in [-0.4, -0.2) is 44.6 Å². The Bertz CT molecular complexity index is 1960. The summed E-state index contributed by atoms with van der Waals surface area (Å²) in [5.74, 6) is 1.42. The molecule has 0 bridgehead atoms. The Morgan fingerprint density at radius 3 is 2.47 bits per heavy atom. The van der Waals surface area contributed by atoms with E-state index in [-0.39, 0.29) is 36.5 Å². The molecule has 0 spiro atoms. The van der Waals surface area contributed by atoms with Crippen LogP contribution in [0, 0.1) is 5.82 Å². The number of aromatic carboxylic acids is 1. The minimum absolute atomic E-state index is 0. The molecule has 1 amide bonds. The first kappa shape index (κ1) is 32.9. The maximum Gasteiger partial charge on any atom is 0.335 e. The van der Waals surface area contributed by atoms with Crippen molar-refractivity contribution in [2.75, 3.05) is 23.0 Å². The quantitative estimate of drug-likeness (QED) is 0.175. The van der Waals surface area contributed by atoms with Crippen molar-refractivity contribution < 1.29 is 23.8 Å². The Labute approximate surface area is 287 Å². The van der Waals surface area contributed by atoms with Crippen molar-refractivity contribution in [1.29, 1.82) is 0 Å². The van der Waals surface area contributed by atoms with Gasteiger partial charge in [-0.15, -0.1) is 12.4 Å². The van der Waals surface area contributed by atoms with Gasteiger partial charge in [0, 0.05) is 35.8 Å². The van der Waals surface area contributed by atoms with E-state index in [1.165, 1.54) is 6.07 Å². The zero-order valence-corrected chi connectivity index (χ0v) is 27.7. The number of thioether (sulfide) groups is 1. The summed E-state index contributed by atoms with van der Waals surface area (Å²) in [5.41, 5.74) is 5.35. The minimum atomic E-state index is -1.03. The van der Waals surface area contributed by atoms with E-state index >= 15 is 4.39 Å². The van der Waals surface area contributed by atoms with E-state index < -0.39 is 11.8 Å². The molecule has 0 atom stereocenters. The van der Waals surface area contributed by atoms with Gasteiger partial charge in [0.25, 0.3) is 0 Å². The van der Waals surface area contributed by atoms with Crippen LogP contribution in [0.15, 0.2) is 78.9 Å². The van der Waals surface area contributed by atoms with Gasteiger partial charge < -0.3 is 19.3 Å². The zero-order chi connectivity index (χ0) is 31.8. The van der Waals surface area contributed by atoms with Crippen molar-refractivity contribution in [2.24, 2.45) is 0 Å². The summed E-state index contributed by atoms with van der Waals surface area (Å²) in [5, 5.41) is 10.2. The number of carbonyl (C=O) groups excluding carboxylic acids is 1. The molecular weight excluding hydrogens is 660 g/mol. The molecule has 2 aliphatic heterocycles. The number of hydrogen-bond donors (Lipinski definition) is 1. The minimum Gasteiger partial charge on any atom is -0.489 e. The van der Waals surface area contributed by atoms with Crippen molar-refractivity contribution in [3.63, 3.8) is 0 Å². The highest BCUT2D eigenvalue weighted by Crippen LogP contribution is 2.37. The van der Waals surface area contributed by atoms with Crippen LogP contribution in [0.5, 0.6) is 5.75 Å². The summed E-state index contributed by atoms with van der Waals surface area (Å²) in [6.07, 6.45) is 3.20. The molecule has 47 heavy (non-hydrogen) atoms. The van der Waals surface area contributed by atoms with Gasteiger partial charge in [-0.2, -0.15) is 11.8 Å². The lowest BCUT2D eigenvalue weighted by molar-refractivity contribution is -0.117. The lowest BCUT2D eigenvalue weighted by Crippen LogP contribution is -2.23. The van der Waals surface area contributed by atoms with Gasteiger partial charge in [0.05, 0.1) is 22.2 Å². The Morgan fingerprint density at radius 1 is 1.00 bits per heavy atom.